The summed E-state index contributed by atoms with van der Waals surface area (Å²) in [5.74, 6) is 0. The molecule has 0 unspecified atom stereocenters. The van der Waals surface area contributed by atoms with Gasteiger partial charge in [-0.2, -0.15) is 0 Å². The minimum absolute atomic E-state index is 0.166. The zero-order chi connectivity index (χ0) is 13.1. The zero-order valence-corrected chi connectivity index (χ0v) is 12.4. The first kappa shape index (κ1) is 14.7. The van der Waals surface area contributed by atoms with Crippen molar-refractivity contribution in [2.24, 2.45) is 4.40 Å². The molecule has 0 aromatic heterocycles. The average Bonchev–Trinajstić information content (AvgIpc) is 2.25. The molecule has 1 aromatic rings. The molecule has 0 fully saturated rings. The van der Waals surface area contributed by atoms with Gasteiger partial charge in [-0.25, -0.2) is 4.39 Å². The topological polar surface area (TPSA) is 35.4 Å². The molecule has 0 bridgehead atoms. The van der Waals surface area contributed by atoms with E-state index in [9.17, 15) is 8.94 Å². The molecule has 0 aliphatic rings. The molecule has 94 valence electrons. The Kier molecular flexibility index (Phi) is 5.16. The monoisotopic (exact) mass is 319 g/mol. The van der Waals surface area contributed by atoms with Crippen LogP contribution in [-0.4, -0.2) is 20.1 Å². The molecule has 0 aliphatic carbocycles. The van der Waals surface area contributed by atoms with Crippen LogP contribution in [0.4, 0.5) is 4.39 Å². The van der Waals surface area contributed by atoms with Crippen LogP contribution >= 0.6 is 15.9 Å². The van der Waals surface area contributed by atoms with Crippen LogP contribution in [0.25, 0.3) is 0 Å². The number of hydrogen-bond acceptors (Lipinski definition) is 2. The van der Waals surface area contributed by atoms with Gasteiger partial charge in [-0.05, 0) is 36.7 Å². The lowest BCUT2D eigenvalue weighted by Gasteiger charge is -2.19. The maximum Gasteiger partial charge on any atom is 0.201 e. The van der Waals surface area contributed by atoms with Gasteiger partial charge in [-0.15, -0.1) is 0 Å². The van der Waals surface area contributed by atoms with Crippen molar-refractivity contribution in [3.63, 3.8) is 0 Å². The number of halogens is 2. The first-order chi connectivity index (χ1) is 7.82. The summed E-state index contributed by atoms with van der Waals surface area (Å²) in [6.07, 6.45) is 0. The average molecular weight is 320 g/mol. The molecule has 5 heteroatoms. The van der Waals surface area contributed by atoms with Crippen molar-refractivity contribution in [2.45, 2.75) is 30.6 Å². The van der Waals surface area contributed by atoms with Gasteiger partial charge in [-0.1, -0.05) is 34.7 Å². The van der Waals surface area contributed by atoms with Gasteiger partial charge in [0.15, 0.2) is 0 Å². The van der Waals surface area contributed by atoms with Crippen molar-refractivity contribution in [2.75, 3.05) is 0 Å². The second kappa shape index (κ2) is 5.98. The van der Waals surface area contributed by atoms with E-state index in [1.165, 1.54) is 0 Å². The highest BCUT2D eigenvalue weighted by Crippen LogP contribution is 2.21. The normalized spacial score (nSPS) is 16.7. The van der Waals surface area contributed by atoms with Gasteiger partial charge in [0.05, 0.1) is 0 Å². The molecular weight excluding hydrogens is 305 g/mol. The van der Waals surface area contributed by atoms with Crippen LogP contribution < -0.4 is 0 Å². The summed E-state index contributed by atoms with van der Waals surface area (Å²) in [5.41, 5.74) is 0.799. The van der Waals surface area contributed by atoms with Gasteiger partial charge in [0.2, 0.25) is 5.08 Å². The molecule has 0 saturated heterocycles. The summed E-state index contributed by atoms with van der Waals surface area (Å²) in [5, 5.41) is -1.42. The van der Waals surface area contributed by atoms with E-state index < -0.39 is 21.2 Å². The number of benzene rings is 1. The molecule has 0 saturated carbocycles. The van der Waals surface area contributed by atoms with Gasteiger partial charge < -0.3 is 4.55 Å². The highest BCUT2D eigenvalue weighted by molar-refractivity contribution is 9.09. The van der Waals surface area contributed by atoms with Crippen LogP contribution in [0, 0.1) is 0 Å². The quantitative estimate of drug-likeness (QED) is 0.476. The highest BCUT2D eigenvalue weighted by atomic mass is 79.9. The van der Waals surface area contributed by atoms with Crippen molar-refractivity contribution in [3.05, 3.63) is 35.9 Å². The van der Waals surface area contributed by atoms with E-state index in [0.29, 0.717) is 5.56 Å². The third-order valence-electron chi connectivity index (χ3n) is 1.98. The molecule has 0 radical (unpaired) electrons. The molecule has 0 aliphatic heterocycles. The van der Waals surface area contributed by atoms with Crippen molar-refractivity contribution in [1.82, 2.24) is 0 Å². The third-order valence-corrected chi connectivity index (χ3v) is 3.83. The summed E-state index contributed by atoms with van der Waals surface area (Å²) in [6, 6.07) is 8.91. The Labute approximate surface area is 113 Å². The lowest BCUT2D eigenvalue weighted by molar-refractivity contribution is 0.546. The van der Waals surface area contributed by atoms with E-state index in [1.54, 1.807) is 45.0 Å². The van der Waals surface area contributed by atoms with Crippen molar-refractivity contribution < 1.29 is 8.94 Å². The predicted octanol–water partition coefficient (Wildman–Crippen LogP) is 3.63. The Morgan fingerprint density at radius 1 is 1.35 bits per heavy atom. The second-order valence-electron chi connectivity index (χ2n) is 4.50. The summed E-state index contributed by atoms with van der Waals surface area (Å²) in [7, 11) is 0. The number of rotatable bonds is 3. The first-order valence-electron chi connectivity index (χ1n) is 5.16. The summed E-state index contributed by atoms with van der Waals surface area (Å²) < 4.78 is 28.8. The minimum Gasteiger partial charge on any atom is -0.591 e. The Bertz CT molecular complexity index is 389. The Hall–Kier alpha value is -0.390. The lowest BCUT2D eigenvalue weighted by atomic mass is 10.1. The predicted molar refractivity (Wildman–Crippen MR) is 74.7 cm³/mol. The fourth-order valence-electron chi connectivity index (χ4n) is 1.05. The maximum absolute atomic E-state index is 13.5. The summed E-state index contributed by atoms with van der Waals surface area (Å²) >= 11 is 1.37. The largest absolute Gasteiger partial charge is 0.591 e. The molecule has 0 amide bonds. The van der Waals surface area contributed by atoms with Gasteiger partial charge in [0.1, 0.15) is 21.8 Å². The summed E-state index contributed by atoms with van der Waals surface area (Å²) in [6.45, 7) is 5.41. The Morgan fingerprint density at radius 2 is 1.88 bits per heavy atom. The smallest absolute Gasteiger partial charge is 0.201 e. The Morgan fingerprint density at radius 3 is 2.29 bits per heavy atom. The van der Waals surface area contributed by atoms with Crippen LogP contribution in [0.2, 0.25) is 0 Å². The Balaban J connectivity index is 3.07. The van der Waals surface area contributed by atoms with Gasteiger partial charge in [-0.3, -0.25) is 0 Å². The number of alkyl halides is 2. The number of nitrogens with zero attached hydrogens (tertiary/aromatic N) is 1. The molecule has 0 N–H and O–H groups in total. The molecule has 2 atom stereocenters. The maximum atomic E-state index is 13.5. The summed E-state index contributed by atoms with van der Waals surface area (Å²) in [4.78, 5) is 0. The molecule has 0 heterocycles. The van der Waals surface area contributed by atoms with E-state index in [-0.39, 0.29) is 5.71 Å². The van der Waals surface area contributed by atoms with E-state index in [1.807, 2.05) is 6.07 Å². The molecular formula is C12H15BrFNOS. The fraction of sp³-hybridized carbons (Fsp3) is 0.417. The van der Waals surface area contributed by atoms with E-state index >= 15 is 0 Å². The molecule has 1 rings (SSSR count). The lowest BCUT2D eigenvalue weighted by Crippen LogP contribution is -2.28. The zero-order valence-electron chi connectivity index (χ0n) is 9.98. The molecule has 0 spiro atoms. The molecule has 2 nitrogen and oxygen atoms in total. The number of hydrogen-bond donors (Lipinski definition) is 0. The standard InChI is InChI=1S/C12H15BrFNOS/c1-12(2,3)17(16)15-10(11(13)14)9-7-5-4-6-8-9/h4-8,11H,1-3H3/b15-10+/t11-,17+/m1/s1. The van der Waals surface area contributed by atoms with E-state index in [4.69, 9.17) is 0 Å². The van der Waals surface area contributed by atoms with Crippen molar-refractivity contribution >= 4 is 33.0 Å². The van der Waals surface area contributed by atoms with Crippen LogP contribution in [0.5, 0.6) is 0 Å². The van der Waals surface area contributed by atoms with Crippen LogP contribution in [-0.2, 0) is 11.4 Å². The SMILES string of the molecule is CC(C)(C)[S@+]([O-])/N=C(\c1ccccc1)[C@@H](F)Br. The van der Waals surface area contributed by atoms with E-state index in [0.717, 1.165) is 0 Å². The fourth-order valence-corrected chi connectivity index (χ4v) is 2.21. The van der Waals surface area contributed by atoms with Gasteiger partial charge in [0, 0.05) is 5.56 Å². The third kappa shape index (κ3) is 4.41. The highest BCUT2D eigenvalue weighted by Gasteiger charge is 2.29. The van der Waals surface area contributed by atoms with Crippen LogP contribution in [0.3, 0.4) is 0 Å². The van der Waals surface area contributed by atoms with Crippen LogP contribution in [0.1, 0.15) is 26.3 Å². The minimum atomic E-state index is -1.47. The molecule has 1 aromatic carbocycles. The van der Waals surface area contributed by atoms with Crippen molar-refractivity contribution in [3.8, 4) is 0 Å². The molecule has 17 heavy (non-hydrogen) atoms. The van der Waals surface area contributed by atoms with Gasteiger partial charge in [0.25, 0.3) is 0 Å². The first-order valence-corrected chi connectivity index (χ1v) is 7.19. The van der Waals surface area contributed by atoms with Crippen LogP contribution in [0.15, 0.2) is 34.7 Å². The van der Waals surface area contributed by atoms with E-state index in [2.05, 4.69) is 20.3 Å². The van der Waals surface area contributed by atoms with Crippen molar-refractivity contribution in [1.29, 1.82) is 0 Å². The second-order valence-corrected chi connectivity index (χ2v) is 7.21. The van der Waals surface area contributed by atoms with Gasteiger partial charge >= 0.3 is 0 Å².